The van der Waals surface area contributed by atoms with Crippen molar-refractivity contribution in [2.24, 2.45) is 0 Å². The van der Waals surface area contributed by atoms with Crippen LogP contribution in [0.5, 0.6) is 0 Å². The molecular formula is C31H32N4O7. The Morgan fingerprint density at radius 2 is 1.31 bits per heavy atom. The summed E-state index contributed by atoms with van der Waals surface area (Å²) in [5, 5.41) is 9.78. The van der Waals surface area contributed by atoms with Crippen LogP contribution in [-0.4, -0.2) is 69.2 Å². The van der Waals surface area contributed by atoms with E-state index < -0.39 is 48.9 Å². The van der Waals surface area contributed by atoms with E-state index in [2.05, 4.69) is 26.0 Å². The van der Waals surface area contributed by atoms with Crippen molar-refractivity contribution in [2.75, 3.05) is 33.4 Å². The highest BCUT2D eigenvalue weighted by Crippen LogP contribution is 2.44. The fraction of sp³-hybridized carbons (Fsp3) is 0.258. The summed E-state index contributed by atoms with van der Waals surface area (Å²) >= 11 is 0. The Morgan fingerprint density at radius 3 is 1.95 bits per heavy atom. The molecule has 42 heavy (non-hydrogen) atoms. The number of alkyl carbamates (subject to hydrolysis) is 1. The smallest absolute Gasteiger partial charge is 0.407 e. The van der Waals surface area contributed by atoms with Crippen molar-refractivity contribution in [1.82, 2.24) is 21.3 Å². The molecule has 4 amide bonds. The molecule has 0 bridgehead atoms. The Hall–Kier alpha value is -5.19. The van der Waals surface area contributed by atoms with E-state index >= 15 is 0 Å². The quantitative estimate of drug-likeness (QED) is 0.241. The number of esters is 1. The summed E-state index contributed by atoms with van der Waals surface area (Å²) in [7, 11) is 1.20. The SMILES string of the molecule is COC(=O)CNC(=O)[C@H](Cc1ccccc1)NC(=O)CNC(=O)CNC(=O)OCC1c2ccccc2-c2ccccc21. The molecule has 11 heteroatoms. The minimum atomic E-state index is -1.000. The lowest BCUT2D eigenvalue weighted by atomic mass is 9.98. The molecule has 0 aliphatic heterocycles. The van der Waals surface area contributed by atoms with Crippen LogP contribution < -0.4 is 21.3 Å². The van der Waals surface area contributed by atoms with Crippen molar-refractivity contribution in [3.05, 3.63) is 95.6 Å². The topological polar surface area (TPSA) is 152 Å². The number of carbonyl (C=O) groups excluding carboxylic acids is 5. The maximum absolute atomic E-state index is 12.6. The van der Waals surface area contributed by atoms with Gasteiger partial charge in [-0.1, -0.05) is 78.9 Å². The van der Waals surface area contributed by atoms with E-state index in [1.165, 1.54) is 7.11 Å². The summed E-state index contributed by atoms with van der Waals surface area (Å²) in [6.07, 6.45) is -0.599. The van der Waals surface area contributed by atoms with Crippen LogP contribution in [0.4, 0.5) is 4.79 Å². The van der Waals surface area contributed by atoms with Gasteiger partial charge in [0.15, 0.2) is 0 Å². The van der Waals surface area contributed by atoms with Crippen LogP contribution in [0.1, 0.15) is 22.6 Å². The lowest BCUT2D eigenvalue weighted by Crippen LogP contribution is -2.51. The molecule has 0 radical (unpaired) electrons. The number of carbonyl (C=O) groups is 5. The van der Waals surface area contributed by atoms with E-state index in [-0.39, 0.29) is 25.5 Å². The summed E-state index contributed by atoms with van der Waals surface area (Å²) in [5.74, 6) is -2.58. The van der Waals surface area contributed by atoms with Crippen molar-refractivity contribution in [3.8, 4) is 11.1 Å². The van der Waals surface area contributed by atoms with Crippen molar-refractivity contribution >= 4 is 29.8 Å². The maximum Gasteiger partial charge on any atom is 0.407 e. The Kier molecular flexibility index (Phi) is 10.2. The van der Waals surface area contributed by atoms with Crippen molar-refractivity contribution in [3.63, 3.8) is 0 Å². The fourth-order valence-electron chi connectivity index (χ4n) is 4.70. The minimum absolute atomic E-state index is 0.102. The zero-order valence-electron chi connectivity index (χ0n) is 23.1. The standard InChI is InChI=1S/C31H32N4O7/c1-41-29(38)18-33-30(39)26(15-20-9-3-2-4-10-20)35-28(37)17-32-27(36)16-34-31(40)42-19-25-23-13-7-5-11-21(23)22-12-6-8-14-24(22)25/h2-14,25-26H,15-19H2,1H3,(H,32,36)(H,33,39)(H,34,40)(H,35,37)/t26-/m0/s1. The summed E-state index contributed by atoms with van der Waals surface area (Å²) in [4.78, 5) is 61.1. The first-order chi connectivity index (χ1) is 20.4. The maximum atomic E-state index is 12.6. The predicted molar refractivity (Wildman–Crippen MR) is 153 cm³/mol. The molecule has 4 N–H and O–H groups in total. The van der Waals surface area contributed by atoms with Crippen LogP contribution in [-0.2, 0) is 35.1 Å². The number of hydrogen-bond donors (Lipinski definition) is 4. The third-order valence-electron chi connectivity index (χ3n) is 6.75. The number of nitrogens with one attached hydrogen (secondary N) is 4. The van der Waals surface area contributed by atoms with Gasteiger partial charge in [-0.3, -0.25) is 19.2 Å². The van der Waals surface area contributed by atoms with Crippen molar-refractivity contribution in [2.45, 2.75) is 18.4 Å². The number of amides is 4. The zero-order chi connectivity index (χ0) is 29.9. The Balaban J connectivity index is 1.22. The summed E-state index contributed by atoms with van der Waals surface area (Å²) in [5.41, 5.74) is 5.13. The highest BCUT2D eigenvalue weighted by atomic mass is 16.5. The molecule has 0 heterocycles. The number of rotatable bonds is 12. The normalized spacial score (nSPS) is 12.2. The van der Waals surface area contributed by atoms with Gasteiger partial charge in [-0.15, -0.1) is 0 Å². The molecule has 4 rings (SSSR count). The molecule has 0 unspecified atom stereocenters. The zero-order valence-corrected chi connectivity index (χ0v) is 23.1. The van der Waals surface area contributed by atoms with Gasteiger partial charge < -0.3 is 30.7 Å². The number of benzene rings is 3. The van der Waals surface area contributed by atoms with E-state index in [1.807, 2.05) is 54.6 Å². The average molecular weight is 573 g/mol. The van der Waals surface area contributed by atoms with Crippen LogP contribution in [0.2, 0.25) is 0 Å². The summed E-state index contributed by atoms with van der Waals surface area (Å²) < 4.78 is 9.94. The van der Waals surface area contributed by atoms with Gasteiger partial charge >= 0.3 is 12.1 Å². The van der Waals surface area contributed by atoms with Gasteiger partial charge in [0, 0.05) is 12.3 Å². The number of methoxy groups -OCH3 is 1. The molecule has 1 aliphatic rings. The minimum Gasteiger partial charge on any atom is -0.468 e. The summed E-state index contributed by atoms with van der Waals surface area (Å²) in [6.45, 7) is -1.09. The van der Waals surface area contributed by atoms with Gasteiger partial charge in [0.2, 0.25) is 17.7 Å². The van der Waals surface area contributed by atoms with Gasteiger partial charge in [-0.2, -0.15) is 0 Å². The third-order valence-corrected chi connectivity index (χ3v) is 6.75. The van der Waals surface area contributed by atoms with E-state index in [1.54, 1.807) is 24.3 Å². The van der Waals surface area contributed by atoms with Gasteiger partial charge in [0.25, 0.3) is 0 Å². The van der Waals surface area contributed by atoms with Gasteiger partial charge in [0.1, 0.15) is 25.7 Å². The summed E-state index contributed by atoms with van der Waals surface area (Å²) in [6, 6.07) is 23.9. The Morgan fingerprint density at radius 1 is 0.714 bits per heavy atom. The van der Waals surface area contributed by atoms with Gasteiger partial charge in [0.05, 0.1) is 13.7 Å². The van der Waals surface area contributed by atoms with Gasteiger partial charge in [-0.25, -0.2) is 4.79 Å². The second-order valence-corrected chi connectivity index (χ2v) is 9.56. The molecule has 218 valence electrons. The van der Waals surface area contributed by atoms with Crippen LogP contribution in [0.25, 0.3) is 11.1 Å². The van der Waals surface area contributed by atoms with Crippen molar-refractivity contribution < 1.29 is 33.4 Å². The number of ether oxygens (including phenoxy) is 2. The van der Waals surface area contributed by atoms with E-state index in [4.69, 9.17) is 4.74 Å². The lowest BCUT2D eigenvalue weighted by molar-refractivity contribution is -0.141. The first-order valence-corrected chi connectivity index (χ1v) is 13.4. The third kappa shape index (κ3) is 7.94. The van der Waals surface area contributed by atoms with Crippen LogP contribution in [0.3, 0.4) is 0 Å². The highest BCUT2D eigenvalue weighted by molar-refractivity contribution is 5.92. The molecule has 0 saturated heterocycles. The van der Waals surface area contributed by atoms with E-state index in [0.717, 1.165) is 27.8 Å². The Labute approximate surface area is 243 Å². The monoisotopic (exact) mass is 572 g/mol. The van der Waals surface area contributed by atoms with E-state index in [0.29, 0.717) is 0 Å². The Bertz CT molecular complexity index is 1400. The number of fused-ring (bicyclic) bond motifs is 3. The molecule has 3 aromatic rings. The lowest BCUT2D eigenvalue weighted by Gasteiger charge is -2.18. The predicted octanol–water partition coefficient (Wildman–Crippen LogP) is 1.66. The first-order valence-electron chi connectivity index (χ1n) is 13.4. The van der Waals surface area contributed by atoms with Crippen molar-refractivity contribution in [1.29, 1.82) is 0 Å². The molecule has 0 saturated carbocycles. The van der Waals surface area contributed by atoms with Gasteiger partial charge in [-0.05, 0) is 27.8 Å². The molecule has 3 aromatic carbocycles. The largest absolute Gasteiger partial charge is 0.468 e. The van der Waals surface area contributed by atoms with Crippen LogP contribution >= 0.6 is 0 Å². The average Bonchev–Trinajstić information content (AvgIpc) is 3.34. The molecule has 1 atom stereocenters. The van der Waals surface area contributed by atoms with Crippen LogP contribution in [0.15, 0.2) is 78.9 Å². The highest BCUT2D eigenvalue weighted by Gasteiger charge is 2.29. The molecule has 0 fully saturated rings. The molecule has 11 nitrogen and oxygen atoms in total. The van der Waals surface area contributed by atoms with Crippen LogP contribution in [0, 0.1) is 0 Å². The second-order valence-electron chi connectivity index (χ2n) is 9.56. The second kappa shape index (κ2) is 14.4. The van der Waals surface area contributed by atoms with E-state index in [9.17, 15) is 24.0 Å². The molecule has 0 spiro atoms. The molecular weight excluding hydrogens is 540 g/mol. The number of hydrogen-bond acceptors (Lipinski definition) is 7. The first kappa shape index (κ1) is 29.8. The molecule has 1 aliphatic carbocycles. The fourth-order valence-corrected chi connectivity index (χ4v) is 4.70. The molecule has 0 aromatic heterocycles.